The summed E-state index contributed by atoms with van der Waals surface area (Å²) in [4.78, 5) is 20.0. The van der Waals surface area contributed by atoms with Crippen LogP contribution in [-0.2, 0) is 10.0 Å². The number of hydrogen-bond acceptors (Lipinski definition) is 7. The first kappa shape index (κ1) is 28.0. The monoisotopic (exact) mass is 548 g/mol. The summed E-state index contributed by atoms with van der Waals surface area (Å²) in [5.74, 6) is -1.28. The van der Waals surface area contributed by atoms with E-state index in [2.05, 4.69) is 35.5 Å². The third kappa shape index (κ3) is 6.90. The zero-order valence-corrected chi connectivity index (χ0v) is 23.1. The van der Waals surface area contributed by atoms with Crippen molar-refractivity contribution in [1.82, 2.24) is 9.97 Å². The first-order valence-corrected chi connectivity index (χ1v) is 13.9. The molecule has 1 aromatic heterocycles. The summed E-state index contributed by atoms with van der Waals surface area (Å²) in [5, 5.41) is 11.2. The highest BCUT2D eigenvalue weighted by molar-refractivity contribution is 7.92. The molecule has 0 spiro atoms. The number of benzene rings is 3. The van der Waals surface area contributed by atoms with Gasteiger partial charge in [-0.05, 0) is 53.3 Å². The van der Waals surface area contributed by atoms with Crippen molar-refractivity contribution in [2.75, 3.05) is 11.3 Å². The fourth-order valence-corrected chi connectivity index (χ4v) is 5.40. The second kappa shape index (κ2) is 11.0. The fraction of sp³-hybridized carbons (Fsp3) is 0.276. The number of aryl methyl sites for hydroxylation is 1. The minimum absolute atomic E-state index is 0.00492. The number of nitrogens with zero attached hydrogens (tertiary/aromatic N) is 2. The van der Waals surface area contributed by atoms with E-state index >= 15 is 0 Å². The van der Waals surface area contributed by atoms with Crippen molar-refractivity contribution < 1.29 is 23.1 Å². The third-order valence-corrected chi connectivity index (χ3v) is 7.36. The number of rotatable bonds is 9. The Morgan fingerprint density at radius 2 is 1.79 bits per heavy atom. The van der Waals surface area contributed by atoms with Crippen molar-refractivity contribution in [1.29, 1.82) is 0 Å². The van der Waals surface area contributed by atoms with Gasteiger partial charge in [0.25, 0.3) is 10.0 Å². The largest absolute Gasteiger partial charge is 0.478 e. The minimum atomic E-state index is -4.21. The van der Waals surface area contributed by atoms with Gasteiger partial charge in [0.2, 0.25) is 11.8 Å². The molecular weight excluding hydrogens is 516 g/mol. The van der Waals surface area contributed by atoms with Crippen LogP contribution in [0.1, 0.15) is 43.1 Å². The normalized spacial score (nSPS) is 12.7. The number of fused-ring (bicyclic) bond motifs is 1. The molecule has 1 heterocycles. The number of nitrogens with one attached hydrogen (secondary N) is 1. The molecule has 39 heavy (non-hydrogen) atoms. The van der Waals surface area contributed by atoms with Crippen LogP contribution in [0, 0.1) is 12.3 Å². The van der Waals surface area contributed by atoms with Gasteiger partial charge in [-0.25, -0.2) is 22.9 Å². The van der Waals surface area contributed by atoms with Gasteiger partial charge in [-0.2, -0.15) is 4.98 Å². The number of nitrogens with two attached hydrogens (primary N) is 1. The predicted molar refractivity (Wildman–Crippen MR) is 151 cm³/mol. The molecule has 0 aliphatic rings. The second-order valence-corrected chi connectivity index (χ2v) is 12.4. The van der Waals surface area contributed by atoms with Crippen molar-refractivity contribution in [3.63, 3.8) is 0 Å². The topological polar surface area (TPSA) is 144 Å². The second-order valence-electron chi connectivity index (χ2n) is 10.7. The minimum Gasteiger partial charge on any atom is -0.478 e. The molecule has 0 amide bonds. The number of anilines is 1. The summed E-state index contributed by atoms with van der Waals surface area (Å²) in [6, 6.07) is 18.3. The molecule has 1 atom stereocenters. The van der Waals surface area contributed by atoms with E-state index in [0.717, 1.165) is 28.0 Å². The van der Waals surface area contributed by atoms with Gasteiger partial charge in [-0.15, -0.1) is 0 Å². The van der Waals surface area contributed by atoms with E-state index in [1.54, 1.807) is 6.07 Å². The van der Waals surface area contributed by atoms with Crippen LogP contribution in [0.4, 0.5) is 5.95 Å². The highest BCUT2D eigenvalue weighted by atomic mass is 32.2. The first-order chi connectivity index (χ1) is 18.3. The Morgan fingerprint density at radius 1 is 1.05 bits per heavy atom. The Labute approximate surface area is 228 Å². The van der Waals surface area contributed by atoms with Gasteiger partial charge in [0.05, 0.1) is 16.2 Å². The van der Waals surface area contributed by atoms with Crippen LogP contribution < -0.4 is 15.2 Å². The van der Waals surface area contributed by atoms with E-state index in [1.807, 2.05) is 43.3 Å². The van der Waals surface area contributed by atoms with Crippen molar-refractivity contribution in [2.24, 2.45) is 11.1 Å². The molecule has 0 saturated carbocycles. The first-order valence-electron chi connectivity index (χ1n) is 12.4. The number of carboxylic acid groups (broad SMARTS) is 1. The van der Waals surface area contributed by atoms with Crippen molar-refractivity contribution >= 4 is 32.7 Å². The lowest BCUT2D eigenvalue weighted by atomic mass is 9.89. The zero-order valence-electron chi connectivity index (χ0n) is 22.3. The van der Waals surface area contributed by atoms with Crippen LogP contribution in [0.3, 0.4) is 0 Å². The molecule has 0 radical (unpaired) electrons. The van der Waals surface area contributed by atoms with Gasteiger partial charge in [-0.3, -0.25) is 0 Å². The Hall–Kier alpha value is -4.02. The molecule has 0 aliphatic carbocycles. The lowest BCUT2D eigenvalue weighted by Gasteiger charge is -2.23. The number of carboxylic acids is 1. The van der Waals surface area contributed by atoms with Gasteiger partial charge in [0.15, 0.2) is 0 Å². The van der Waals surface area contributed by atoms with Crippen LogP contribution in [0.5, 0.6) is 5.88 Å². The summed E-state index contributed by atoms with van der Waals surface area (Å²) in [6.45, 7) is 8.39. The summed E-state index contributed by atoms with van der Waals surface area (Å²) in [7, 11) is -4.21. The van der Waals surface area contributed by atoms with Gasteiger partial charge in [0, 0.05) is 17.7 Å². The van der Waals surface area contributed by atoms with Crippen molar-refractivity contribution in [3.05, 3.63) is 77.9 Å². The standard InChI is InChI=1S/C29H32N4O5S/c1-18-12-13-19-8-5-6-11-23(19)26(18)24-15-25(38-17-21(30)16-29(2,3)4)32-28(31-24)33-39(36,37)22-10-7-9-20(14-22)27(34)35/h5-15,21H,16-17,30H2,1-4H3,(H,34,35)(H,31,32,33)/t21-/m1/s1. The van der Waals surface area contributed by atoms with Gasteiger partial charge < -0.3 is 15.6 Å². The average molecular weight is 549 g/mol. The SMILES string of the molecule is Cc1ccc2ccccc2c1-c1cc(OC[C@H](N)CC(C)(C)C)nc(NS(=O)(=O)c2cccc(C(=O)O)c2)n1. The van der Waals surface area contributed by atoms with Crippen LogP contribution in [-0.4, -0.2) is 42.1 Å². The van der Waals surface area contributed by atoms with E-state index in [0.29, 0.717) is 12.1 Å². The Morgan fingerprint density at radius 3 is 2.51 bits per heavy atom. The maximum absolute atomic E-state index is 13.2. The molecule has 0 fully saturated rings. The molecule has 204 valence electrons. The number of aromatic carboxylic acids is 1. The Kier molecular flexibility index (Phi) is 7.89. The maximum Gasteiger partial charge on any atom is 0.335 e. The number of aromatic nitrogens is 2. The quantitative estimate of drug-likeness (QED) is 0.257. The van der Waals surface area contributed by atoms with Crippen LogP contribution in [0.15, 0.2) is 71.6 Å². The van der Waals surface area contributed by atoms with E-state index < -0.39 is 16.0 Å². The molecule has 0 aliphatic heterocycles. The molecule has 4 rings (SSSR count). The molecule has 9 nitrogen and oxygen atoms in total. The van der Waals surface area contributed by atoms with Gasteiger partial charge in [-0.1, -0.05) is 63.2 Å². The van der Waals surface area contributed by atoms with E-state index in [9.17, 15) is 18.3 Å². The molecule has 4 aromatic rings. The van der Waals surface area contributed by atoms with E-state index in [1.165, 1.54) is 18.2 Å². The van der Waals surface area contributed by atoms with Gasteiger partial charge >= 0.3 is 5.97 Å². The molecule has 0 saturated heterocycles. The van der Waals surface area contributed by atoms with E-state index in [-0.39, 0.29) is 40.4 Å². The lowest BCUT2D eigenvalue weighted by molar-refractivity contribution is 0.0696. The smallest absolute Gasteiger partial charge is 0.335 e. The molecular formula is C29H32N4O5S. The molecule has 3 aromatic carbocycles. The van der Waals surface area contributed by atoms with E-state index in [4.69, 9.17) is 10.5 Å². The number of carbonyl (C=O) groups is 1. The maximum atomic E-state index is 13.2. The van der Waals surface area contributed by atoms with Crippen LogP contribution in [0.2, 0.25) is 0 Å². The summed E-state index contributed by atoms with van der Waals surface area (Å²) < 4.78 is 34.7. The average Bonchev–Trinajstić information content (AvgIpc) is 2.86. The zero-order chi connectivity index (χ0) is 28.4. The van der Waals surface area contributed by atoms with Crippen LogP contribution >= 0.6 is 0 Å². The number of ether oxygens (including phenoxy) is 1. The molecule has 0 bridgehead atoms. The Bertz CT molecular complexity index is 1630. The summed E-state index contributed by atoms with van der Waals surface area (Å²) >= 11 is 0. The van der Waals surface area contributed by atoms with Crippen molar-refractivity contribution in [3.8, 4) is 17.1 Å². The lowest BCUT2D eigenvalue weighted by Crippen LogP contribution is -2.32. The number of sulfonamides is 1. The fourth-order valence-electron chi connectivity index (χ4n) is 4.41. The third-order valence-electron chi connectivity index (χ3n) is 6.03. The predicted octanol–water partition coefficient (Wildman–Crippen LogP) is 5.25. The molecule has 10 heteroatoms. The number of hydrogen-bond donors (Lipinski definition) is 3. The summed E-state index contributed by atoms with van der Waals surface area (Å²) in [6.07, 6.45) is 0.715. The van der Waals surface area contributed by atoms with Crippen molar-refractivity contribution in [2.45, 2.75) is 45.1 Å². The molecule has 0 unspecified atom stereocenters. The molecule has 4 N–H and O–H groups in total. The Balaban J connectivity index is 1.77. The highest BCUT2D eigenvalue weighted by Crippen LogP contribution is 2.33. The van der Waals surface area contributed by atoms with Gasteiger partial charge in [0.1, 0.15) is 6.61 Å². The highest BCUT2D eigenvalue weighted by Gasteiger charge is 2.21. The van der Waals surface area contributed by atoms with Crippen LogP contribution in [0.25, 0.3) is 22.0 Å². The summed E-state index contributed by atoms with van der Waals surface area (Å²) in [5.41, 5.74) is 8.35.